The van der Waals surface area contributed by atoms with Crippen LogP contribution in [-0.4, -0.2) is 67.9 Å². The zero-order valence-corrected chi connectivity index (χ0v) is 11.2. The predicted molar refractivity (Wildman–Crippen MR) is 70.0 cm³/mol. The molecule has 0 unspecified atom stereocenters. The smallest absolute Gasteiger partial charge is 0.231 e. The van der Waals surface area contributed by atoms with Gasteiger partial charge in [0.2, 0.25) is 11.8 Å². The van der Waals surface area contributed by atoms with Gasteiger partial charge in [-0.3, -0.25) is 14.5 Å². The summed E-state index contributed by atoms with van der Waals surface area (Å²) in [7, 11) is 1.89. The van der Waals surface area contributed by atoms with Gasteiger partial charge < -0.3 is 16.0 Å². The van der Waals surface area contributed by atoms with Crippen LogP contribution in [0, 0.1) is 0 Å². The maximum atomic E-state index is 11.9. The fraction of sp³-hybridized carbons (Fsp3) is 0.833. The summed E-state index contributed by atoms with van der Waals surface area (Å²) in [5, 5.41) is 3.04. The van der Waals surface area contributed by atoms with Crippen molar-refractivity contribution in [3.05, 3.63) is 0 Å². The van der Waals surface area contributed by atoms with E-state index < -0.39 is 0 Å². The average molecular weight is 256 g/mol. The van der Waals surface area contributed by atoms with Crippen molar-refractivity contribution in [1.29, 1.82) is 0 Å². The molecule has 0 aromatic rings. The van der Waals surface area contributed by atoms with E-state index in [2.05, 4.69) is 5.32 Å². The summed E-state index contributed by atoms with van der Waals surface area (Å²) in [6.45, 7) is 4.22. The van der Waals surface area contributed by atoms with Crippen molar-refractivity contribution in [2.24, 2.45) is 5.73 Å². The lowest BCUT2D eigenvalue weighted by Gasteiger charge is -2.21. The van der Waals surface area contributed by atoms with Crippen LogP contribution in [0.4, 0.5) is 0 Å². The van der Waals surface area contributed by atoms with Crippen LogP contribution in [-0.2, 0) is 9.59 Å². The summed E-state index contributed by atoms with van der Waals surface area (Å²) in [5.74, 6) is -0.0880. The molecular weight excluding hydrogens is 232 g/mol. The van der Waals surface area contributed by atoms with Crippen LogP contribution >= 0.6 is 0 Å². The van der Waals surface area contributed by atoms with E-state index in [4.69, 9.17) is 5.73 Å². The van der Waals surface area contributed by atoms with Crippen LogP contribution in [0.5, 0.6) is 0 Å². The molecule has 1 aliphatic rings. The highest BCUT2D eigenvalue weighted by atomic mass is 16.2. The summed E-state index contributed by atoms with van der Waals surface area (Å²) in [6, 6.07) is 0. The molecule has 6 nitrogen and oxygen atoms in total. The molecule has 3 N–H and O–H groups in total. The second-order valence-corrected chi connectivity index (χ2v) is 4.68. The summed E-state index contributed by atoms with van der Waals surface area (Å²) >= 11 is 0. The molecule has 0 radical (unpaired) electrons. The largest absolute Gasteiger partial charge is 0.369 e. The Kier molecular flexibility index (Phi) is 6.67. The topological polar surface area (TPSA) is 78.7 Å². The van der Waals surface area contributed by atoms with Crippen LogP contribution < -0.4 is 11.1 Å². The molecule has 1 rings (SSSR count). The van der Waals surface area contributed by atoms with Gasteiger partial charge >= 0.3 is 0 Å². The number of nitrogens with two attached hydrogens (primary N) is 1. The minimum atomic E-state index is -0.302. The number of hydrogen-bond donors (Lipinski definition) is 2. The quantitative estimate of drug-likeness (QED) is 0.598. The standard InChI is InChI=1S/C12H24N4O2/c1-14-5-2-4-12(18)16-7-3-6-15(8-9-16)10-11(13)17/h14H,2-10H2,1H3,(H2,13,17). The molecule has 1 heterocycles. The number of hydrogen-bond acceptors (Lipinski definition) is 4. The Morgan fingerprint density at radius 3 is 2.67 bits per heavy atom. The summed E-state index contributed by atoms with van der Waals surface area (Å²) in [4.78, 5) is 26.7. The molecule has 1 aliphatic heterocycles. The molecule has 0 spiro atoms. The molecule has 0 atom stereocenters. The van der Waals surface area contributed by atoms with E-state index in [0.29, 0.717) is 19.5 Å². The molecule has 0 aromatic heterocycles. The van der Waals surface area contributed by atoms with Gasteiger partial charge in [-0.05, 0) is 26.4 Å². The van der Waals surface area contributed by atoms with Gasteiger partial charge in [0.15, 0.2) is 0 Å². The molecule has 1 fully saturated rings. The molecule has 6 heteroatoms. The van der Waals surface area contributed by atoms with Gasteiger partial charge in [0.05, 0.1) is 6.54 Å². The molecule has 2 amide bonds. The normalized spacial score (nSPS) is 17.5. The Labute approximate surface area is 108 Å². The van der Waals surface area contributed by atoms with Gasteiger partial charge in [0.1, 0.15) is 0 Å². The molecule has 0 saturated carbocycles. The second-order valence-electron chi connectivity index (χ2n) is 4.68. The monoisotopic (exact) mass is 256 g/mol. The lowest BCUT2D eigenvalue weighted by Crippen LogP contribution is -2.38. The van der Waals surface area contributed by atoms with Crippen LogP contribution in [0.15, 0.2) is 0 Å². The number of carbonyl (C=O) groups is 2. The lowest BCUT2D eigenvalue weighted by atomic mass is 10.2. The van der Waals surface area contributed by atoms with Gasteiger partial charge in [-0.15, -0.1) is 0 Å². The van der Waals surface area contributed by atoms with E-state index in [0.717, 1.165) is 39.0 Å². The summed E-state index contributed by atoms with van der Waals surface area (Å²) < 4.78 is 0. The number of nitrogens with one attached hydrogen (secondary N) is 1. The Bertz CT molecular complexity index is 283. The van der Waals surface area contributed by atoms with Crippen LogP contribution in [0.2, 0.25) is 0 Å². The number of nitrogens with zero attached hydrogens (tertiary/aromatic N) is 2. The maximum absolute atomic E-state index is 11.9. The maximum Gasteiger partial charge on any atom is 0.231 e. The Morgan fingerprint density at radius 1 is 1.22 bits per heavy atom. The minimum absolute atomic E-state index is 0.214. The Hall–Kier alpha value is -1.14. The van der Waals surface area contributed by atoms with Crippen LogP contribution in [0.3, 0.4) is 0 Å². The Morgan fingerprint density at radius 2 is 2.00 bits per heavy atom. The highest BCUT2D eigenvalue weighted by molar-refractivity contribution is 5.76. The van der Waals surface area contributed by atoms with Gasteiger partial charge in [-0.1, -0.05) is 0 Å². The van der Waals surface area contributed by atoms with E-state index in [1.165, 1.54) is 0 Å². The van der Waals surface area contributed by atoms with Crippen molar-refractivity contribution >= 4 is 11.8 Å². The van der Waals surface area contributed by atoms with Crippen molar-refractivity contribution in [3.63, 3.8) is 0 Å². The fourth-order valence-corrected chi connectivity index (χ4v) is 2.17. The average Bonchev–Trinajstić information content (AvgIpc) is 2.54. The number of amides is 2. The van der Waals surface area contributed by atoms with E-state index in [9.17, 15) is 9.59 Å². The Balaban J connectivity index is 2.32. The molecule has 0 aliphatic carbocycles. The van der Waals surface area contributed by atoms with Gasteiger partial charge in [-0.25, -0.2) is 0 Å². The SMILES string of the molecule is CNCCCC(=O)N1CCCN(CC(N)=O)CC1. The second kappa shape index (κ2) is 8.05. The molecule has 0 bridgehead atoms. The van der Waals surface area contributed by atoms with Gasteiger partial charge in [0, 0.05) is 32.6 Å². The first-order chi connectivity index (χ1) is 8.63. The van der Waals surface area contributed by atoms with Crippen molar-refractivity contribution in [3.8, 4) is 0 Å². The number of primary amides is 1. The van der Waals surface area contributed by atoms with E-state index in [-0.39, 0.29) is 11.8 Å². The number of rotatable bonds is 6. The van der Waals surface area contributed by atoms with E-state index >= 15 is 0 Å². The first-order valence-electron chi connectivity index (χ1n) is 6.56. The van der Waals surface area contributed by atoms with Gasteiger partial charge in [-0.2, -0.15) is 0 Å². The first kappa shape index (κ1) is 14.9. The molecule has 0 aromatic carbocycles. The zero-order chi connectivity index (χ0) is 13.4. The van der Waals surface area contributed by atoms with E-state index in [1.54, 1.807) is 0 Å². The number of carbonyl (C=O) groups excluding carboxylic acids is 2. The minimum Gasteiger partial charge on any atom is -0.369 e. The highest BCUT2D eigenvalue weighted by Crippen LogP contribution is 2.05. The molecule has 104 valence electrons. The first-order valence-corrected chi connectivity index (χ1v) is 6.56. The summed E-state index contributed by atoms with van der Waals surface area (Å²) in [5.41, 5.74) is 5.18. The molecular formula is C12H24N4O2. The van der Waals surface area contributed by atoms with E-state index in [1.807, 2.05) is 16.8 Å². The molecule has 18 heavy (non-hydrogen) atoms. The van der Waals surface area contributed by atoms with Crippen LogP contribution in [0.25, 0.3) is 0 Å². The van der Waals surface area contributed by atoms with Crippen molar-refractivity contribution in [2.75, 3.05) is 46.3 Å². The summed E-state index contributed by atoms with van der Waals surface area (Å²) in [6.07, 6.45) is 2.37. The van der Waals surface area contributed by atoms with Crippen LogP contribution in [0.1, 0.15) is 19.3 Å². The third-order valence-corrected chi connectivity index (χ3v) is 3.14. The van der Waals surface area contributed by atoms with Gasteiger partial charge in [0.25, 0.3) is 0 Å². The van der Waals surface area contributed by atoms with Crippen molar-refractivity contribution in [2.45, 2.75) is 19.3 Å². The zero-order valence-electron chi connectivity index (χ0n) is 11.2. The third-order valence-electron chi connectivity index (χ3n) is 3.14. The molecule has 1 saturated heterocycles. The lowest BCUT2D eigenvalue weighted by molar-refractivity contribution is -0.131. The van der Waals surface area contributed by atoms with Crippen molar-refractivity contribution < 1.29 is 9.59 Å². The predicted octanol–water partition coefficient (Wildman–Crippen LogP) is -0.994. The highest BCUT2D eigenvalue weighted by Gasteiger charge is 2.19. The fourth-order valence-electron chi connectivity index (χ4n) is 2.17. The third kappa shape index (κ3) is 5.46. The van der Waals surface area contributed by atoms with Crippen molar-refractivity contribution in [1.82, 2.24) is 15.1 Å².